The summed E-state index contributed by atoms with van der Waals surface area (Å²) in [7, 11) is 0. The molecule has 0 spiro atoms. The van der Waals surface area contributed by atoms with Gasteiger partial charge in [-0.25, -0.2) is 0 Å². The lowest BCUT2D eigenvalue weighted by molar-refractivity contribution is 0.317. The van der Waals surface area contributed by atoms with E-state index < -0.39 is 0 Å². The fourth-order valence-corrected chi connectivity index (χ4v) is 2.50. The predicted molar refractivity (Wildman–Crippen MR) is 92.5 cm³/mol. The highest BCUT2D eigenvalue weighted by atomic mass is 32.2. The van der Waals surface area contributed by atoms with Crippen molar-refractivity contribution >= 4 is 17.4 Å². The minimum atomic E-state index is 0.281. The Bertz CT molecular complexity index is 536. The van der Waals surface area contributed by atoms with Crippen LogP contribution in [0.1, 0.15) is 31.9 Å². The van der Waals surface area contributed by atoms with E-state index in [-0.39, 0.29) is 6.04 Å². The second-order valence-corrected chi connectivity index (χ2v) is 5.89. The monoisotopic (exact) mass is 301 g/mol. The minimum Gasteiger partial charge on any atom is -0.494 e. The summed E-state index contributed by atoms with van der Waals surface area (Å²) in [5.41, 5.74) is 2.40. The maximum atomic E-state index is 5.60. The van der Waals surface area contributed by atoms with E-state index in [1.807, 2.05) is 12.1 Å². The molecule has 1 unspecified atom stereocenters. The second kappa shape index (κ2) is 7.99. The molecular weight excluding hydrogens is 278 g/mol. The molecule has 0 saturated carbocycles. The van der Waals surface area contributed by atoms with Crippen LogP contribution in [-0.2, 0) is 0 Å². The molecule has 0 fully saturated rings. The zero-order valence-electron chi connectivity index (χ0n) is 12.9. The van der Waals surface area contributed by atoms with E-state index in [1.54, 1.807) is 11.8 Å². The Morgan fingerprint density at radius 3 is 2.29 bits per heavy atom. The highest BCUT2D eigenvalue weighted by Crippen LogP contribution is 2.23. The highest BCUT2D eigenvalue weighted by Gasteiger charge is 2.05. The average molecular weight is 301 g/mol. The topological polar surface area (TPSA) is 21.3 Å². The molecule has 0 aliphatic carbocycles. The Morgan fingerprint density at radius 1 is 1.05 bits per heavy atom. The van der Waals surface area contributed by atoms with Crippen LogP contribution in [0, 0.1) is 0 Å². The molecule has 0 radical (unpaired) electrons. The number of hydrogen-bond acceptors (Lipinski definition) is 3. The smallest absolute Gasteiger partial charge is 0.119 e. The molecule has 0 amide bonds. The van der Waals surface area contributed by atoms with Gasteiger partial charge < -0.3 is 10.1 Å². The van der Waals surface area contributed by atoms with Crippen LogP contribution in [0.2, 0.25) is 0 Å². The van der Waals surface area contributed by atoms with Crippen LogP contribution < -0.4 is 10.1 Å². The lowest BCUT2D eigenvalue weighted by Gasteiger charge is -2.16. The number of rotatable bonds is 7. The van der Waals surface area contributed by atoms with Gasteiger partial charge in [0.15, 0.2) is 0 Å². The van der Waals surface area contributed by atoms with Crippen LogP contribution >= 0.6 is 11.8 Å². The van der Waals surface area contributed by atoms with Crippen molar-refractivity contribution in [2.75, 3.05) is 18.2 Å². The van der Waals surface area contributed by atoms with Crippen molar-refractivity contribution in [1.82, 2.24) is 0 Å². The van der Waals surface area contributed by atoms with Gasteiger partial charge in [0, 0.05) is 16.6 Å². The number of nitrogens with one attached hydrogen (secondary N) is 1. The minimum absolute atomic E-state index is 0.281. The average Bonchev–Trinajstić information content (AvgIpc) is 2.54. The third-order valence-electron chi connectivity index (χ3n) is 3.33. The number of ether oxygens (including phenoxy) is 1. The van der Waals surface area contributed by atoms with Gasteiger partial charge in [-0.2, -0.15) is 0 Å². The normalized spacial score (nSPS) is 12.0. The zero-order chi connectivity index (χ0) is 15.1. The van der Waals surface area contributed by atoms with Crippen molar-refractivity contribution < 1.29 is 4.74 Å². The van der Waals surface area contributed by atoms with Crippen molar-refractivity contribution in [2.45, 2.75) is 31.2 Å². The lowest BCUT2D eigenvalue weighted by atomic mass is 10.1. The quantitative estimate of drug-likeness (QED) is 0.695. The van der Waals surface area contributed by atoms with E-state index in [4.69, 9.17) is 4.74 Å². The first kappa shape index (κ1) is 15.8. The van der Waals surface area contributed by atoms with E-state index in [2.05, 4.69) is 61.8 Å². The number of benzene rings is 2. The molecule has 2 rings (SSSR count). The summed E-state index contributed by atoms with van der Waals surface area (Å²) in [6.45, 7) is 5.06. The molecule has 2 nitrogen and oxygen atoms in total. The molecule has 0 bridgehead atoms. The van der Waals surface area contributed by atoms with Crippen molar-refractivity contribution in [3.8, 4) is 5.75 Å². The molecule has 2 aromatic carbocycles. The Hall–Kier alpha value is -1.61. The summed E-state index contributed by atoms with van der Waals surface area (Å²) in [4.78, 5) is 1.29. The molecule has 0 aliphatic heterocycles. The van der Waals surface area contributed by atoms with Crippen LogP contribution in [0.4, 0.5) is 5.69 Å². The SMILES string of the molecule is CCCOc1ccc(NC(C)c2ccc(SC)cc2)cc1. The molecular formula is C18H23NOS. The summed E-state index contributed by atoms with van der Waals surface area (Å²) >= 11 is 1.77. The van der Waals surface area contributed by atoms with E-state index in [0.717, 1.165) is 24.5 Å². The molecule has 0 aliphatic rings. The van der Waals surface area contributed by atoms with E-state index in [1.165, 1.54) is 10.5 Å². The summed E-state index contributed by atoms with van der Waals surface area (Å²) < 4.78 is 5.60. The Labute approximate surface area is 131 Å². The third-order valence-corrected chi connectivity index (χ3v) is 4.07. The summed E-state index contributed by atoms with van der Waals surface area (Å²) in [5.74, 6) is 0.930. The van der Waals surface area contributed by atoms with Gasteiger partial charge in [0.05, 0.1) is 6.61 Å². The maximum Gasteiger partial charge on any atom is 0.119 e. The summed E-state index contributed by atoms with van der Waals surface area (Å²) in [5, 5.41) is 3.52. The van der Waals surface area contributed by atoms with E-state index >= 15 is 0 Å². The number of hydrogen-bond donors (Lipinski definition) is 1. The van der Waals surface area contributed by atoms with Crippen molar-refractivity contribution in [3.05, 3.63) is 54.1 Å². The van der Waals surface area contributed by atoms with Gasteiger partial charge in [0.1, 0.15) is 5.75 Å². The first-order valence-electron chi connectivity index (χ1n) is 7.36. The largest absolute Gasteiger partial charge is 0.494 e. The molecule has 1 atom stereocenters. The first-order chi connectivity index (χ1) is 10.2. The number of thioether (sulfide) groups is 1. The maximum absolute atomic E-state index is 5.60. The van der Waals surface area contributed by atoms with Crippen molar-refractivity contribution in [1.29, 1.82) is 0 Å². The fourth-order valence-electron chi connectivity index (χ4n) is 2.09. The Kier molecular flexibility index (Phi) is 6.00. The molecule has 0 saturated heterocycles. The van der Waals surface area contributed by atoms with Crippen LogP contribution in [-0.4, -0.2) is 12.9 Å². The molecule has 2 aromatic rings. The van der Waals surface area contributed by atoms with Crippen LogP contribution in [0.3, 0.4) is 0 Å². The van der Waals surface area contributed by atoms with Crippen LogP contribution in [0.25, 0.3) is 0 Å². The van der Waals surface area contributed by atoms with Gasteiger partial charge in [-0.1, -0.05) is 19.1 Å². The standard InChI is InChI=1S/C18H23NOS/c1-4-13-20-17-9-7-16(8-10-17)19-14(2)15-5-11-18(21-3)12-6-15/h5-12,14,19H,4,13H2,1-3H3. The molecule has 0 aromatic heterocycles. The Morgan fingerprint density at radius 2 is 1.71 bits per heavy atom. The first-order valence-corrected chi connectivity index (χ1v) is 8.58. The zero-order valence-corrected chi connectivity index (χ0v) is 13.7. The van der Waals surface area contributed by atoms with Gasteiger partial charge in [-0.05, 0) is 61.6 Å². The van der Waals surface area contributed by atoms with Crippen molar-refractivity contribution in [2.24, 2.45) is 0 Å². The molecule has 1 N–H and O–H groups in total. The number of anilines is 1. The van der Waals surface area contributed by atoms with Crippen molar-refractivity contribution in [3.63, 3.8) is 0 Å². The Balaban J connectivity index is 1.96. The van der Waals surface area contributed by atoms with Gasteiger partial charge in [-0.15, -0.1) is 11.8 Å². The van der Waals surface area contributed by atoms with Gasteiger partial charge in [0.2, 0.25) is 0 Å². The van der Waals surface area contributed by atoms with Gasteiger partial charge in [0.25, 0.3) is 0 Å². The molecule has 0 heterocycles. The summed E-state index contributed by atoms with van der Waals surface area (Å²) in [6, 6.07) is 17.1. The third kappa shape index (κ3) is 4.71. The molecule has 3 heteroatoms. The van der Waals surface area contributed by atoms with E-state index in [9.17, 15) is 0 Å². The highest BCUT2D eigenvalue weighted by molar-refractivity contribution is 7.98. The van der Waals surface area contributed by atoms with Crippen LogP contribution in [0.5, 0.6) is 5.75 Å². The molecule has 112 valence electrons. The van der Waals surface area contributed by atoms with Gasteiger partial charge >= 0.3 is 0 Å². The van der Waals surface area contributed by atoms with E-state index in [0.29, 0.717) is 0 Å². The molecule has 21 heavy (non-hydrogen) atoms. The second-order valence-electron chi connectivity index (χ2n) is 5.01. The van der Waals surface area contributed by atoms with Crippen LogP contribution in [0.15, 0.2) is 53.4 Å². The van der Waals surface area contributed by atoms with Gasteiger partial charge in [-0.3, -0.25) is 0 Å². The summed E-state index contributed by atoms with van der Waals surface area (Å²) in [6.07, 6.45) is 3.13. The predicted octanol–water partition coefficient (Wildman–Crippen LogP) is 5.37. The lowest BCUT2D eigenvalue weighted by Crippen LogP contribution is -2.06. The fraction of sp³-hybridized carbons (Fsp3) is 0.333.